The van der Waals surface area contributed by atoms with Crippen molar-refractivity contribution >= 4 is 35.0 Å². The van der Waals surface area contributed by atoms with E-state index in [4.69, 9.17) is 11.6 Å². The van der Waals surface area contributed by atoms with E-state index in [1.807, 2.05) is 18.2 Å². The van der Waals surface area contributed by atoms with Crippen molar-refractivity contribution in [3.63, 3.8) is 0 Å². The number of aliphatic hydroxyl groups is 1. The van der Waals surface area contributed by atoms with Crippen LogP contribution in [0.4, 0.5) is 5.69 Å². The number of fused-ring (bicyclic) bond motifs is 1. The van der Waals surface area contributed by atoms with Gasteiger partial charge in [-0.25, -0.2) is 4.98 Å². The van der Waals surface area contributed by atoms with Crippen LogP contribution in [0.5, 0.6) is 0 Å². The lowest BCUT2D eigenvalue weighted by Crippen LogP contribution is -2.10. The third-order valence-corrected chi connectivity index (χ3v) is 4.19. The number of hydrogen-bond donors (Lipinski definition) is 2. The number of nitrogens with zero attached hydrogens (tertiary/aromatic N) is 1. The maximum Gasteiger partial charge on any atom is 0.257 e. The molecule has 0 radical (unpaired) electrons. The number of rotatable bonds is 2. The lowest BCUT2D eigenvalue weighted by Gasteiger charge is -2.07. The normalized spacial score (nSPS) is 17.2. The summed E-state index contributed by atoms with van der Waals surface area (Å²) in [5.41, 5.74) is 1.11. The zero-order valence-corrected chi connectivity index (χ0v) is 11.2. The highest BCUT2D eigenvalue weighted by Crippen LogP contribution is 2.40. The summed E-state index contributed by atoms with van der Waals surface area (Å²) in [5, 5.41) is 13.6. The smallest absolute Gasteiger partial charge is 0.257 e. The average molecular weight is 293 g/mol. The van der Waals surface area contributed by atoms with Crippen LogP contribution >= 0.6 is 23.4 Å². The standard InChI is InChI=1S/C13H9ClN2O2S/c14-8-5-7-9(16-13(18)12(7)17)6-10(8)19-11-3-1-2-4-15-11/h1-6,12,17H,(H,16,18). The number of pyridine rings is 1. The minimum atomic E-state index is -1.14. The molecule has 3 rings (SSSR count). The van der Waals surface area contributed by atoms with Crippen molar-refractivity contribution in [2.24, 2.45) is 0 Å². The first-order valence-corrected chi connectivity index (χ1v) is 6.76. The molecule has 1 unspecified atom stereocenters. The number of carbonyl (C=O) groups is 1. The number of nitrogens with one attached hydrogen (secondary N) is 1. The number of hydrogen-bond acceptors (Lipinski definition) is 4. The molecule has 1 amide bonds. The first-order chi connectivity index (χ1) is 9.15. The monoisotopic (exact) mass is 292 g/mol. The zero-order valence-electron chi connectivity index (χ0n) is 9.63. The molecule has 0 fully saturated rings. The van der Waals surface area contributed by atoms with E-state index in [9.17, 15) is 9.90 Å². The molecule has 0 saturated carbocycles. The summed E-state index contributed by atoms with van der Waals surface area (Å²) in [6, 6.07) is 8.98. The highest BCUT2D eigenvalue weighted by molar-refractivity contribution is 7.99. The van der Waals surface area contributed by atoms with Crippen molar-refractivity contribution < 1.29 is 9.90 Å². The Morgan fingerprint density at radius 2 is 2.21 bits per heavy atom. The second-order valence-corrected chi connectivity index (χ2v) is 5.50. The van der Waals surface area contributed by atoms with E-state index < -0.39 is 12.0 Å². The molecule has 19 heavy (non-hydrogen) atoms. The second-order valence-electron chi connectivity index (χ2n) is 4.03. The molecule has 1 atom stereocenters. The molecule has 1 aromatic heterocycles. The van der Waals surface area contributed by atoms with E-state index in [0.717, 1.165) is 9.92 Å². The van der Waals surface area contributed by atoms with E-state index >= 15 is 0 Å². The van der Waals surface area contributed by atoms with Crippen molar-refractivity contribution in [2.75, 3.05) is 5.32 Å². The van der Waals surface area contributed by atoms with E-state index in [2.05, 4.69) is 10.3 Å². The maximum atomic E-state index is 11.4. The van der Waals surface area contributed by atoms with Crippen molar-refractivity contribution in [1.82, 2.24) is 4.98 Å². The van der Waals surface area contributed by atoms with Crippen molar-refractivity contribution in [2.45, 2.75) is 16.0 Å². The SMILES string of the molecule is O=C1Nc2cc(Sc3ccccn3)c(Cl)cc2C1O. The summed E-state index contributed by atoms with van der Waals surface area (Å²) in [6.07, 6.45) is 0.566. The zero-order chi connectivity index (χ0) is 13.4. The molecule has 1 aromatic carbocycles. The molecule has 0 saturated heterocycles. The van der Waals surface area contributed by atoms with Crippen molar-refractivity contribution in [3.05, 3.63) is 47.1 Å². The Labute approximate surface area is 118 Å². The van der Waals surface area contributed by atoms with Crippen LogP contribution in [0.1, 0.15) is 11.7 Å². The Hall–Kier alpha value is -1.56. The average Bonchev–Trinajstić information content (AvgIpc) is 2.67. The fraction of sp³-hybridized carbons (Fsp3) is 0.0769. The Balaban J connectivity index is 1.97. The Bertz CT molecular complexity index is 649. The van der Waals surface area contributed by atoms with Gasteiger partial charge in [0.1, 0.15) is 5.03 Å². The number of benzene rings is 1. The third kappa shape index (κ3) is 2.32. The van der Waals surface area contributed by atoms with E-state index in [1.165, 1.54) is 11.8 Å². The Kier molecular flexibility index (Phi) is 3.18. The molecule has 1 aliphatic rings. The minimum absolute atomic E-state index is 0.425. The molecule has 4 nitrogen and oxygen atoms in total. The van der Waals surface area contributed by atoms with Crippen LogP contribution in [0.25, 0.3) is 0 Å². The lowest BCUT2D eigenvalue weighted by atomic mass is 10.1. The molecule has 0 spiro atoms. The van der Waals surface area contributed by atoms with Crippen molar-refractivity contribution in [1.29, 1.82) is 0 Å². The minimum Gasteiger partial charge on any atom is -0.378 e. The molecule has 6 heteroatoms. The molecule has 2 aromatic rings. The number of anilines is 1. The maximum absolute atomic E-state index is 11.4. The highest BCUT2D eigenvalue weighted by atomic mass is 35.5. The van der Waals surface area contributed by atoms with Crippen LogP contribution in [0.3, 0.4) is 0 Å². The molecule has 1 aliphatic heterocycles. The molecule has 96 valence electrons. The topological polar surface area (TPSA) is 62.2 Å². The van der Waals surface area contributed by atoms with E-state index in [1.54, 1.807) is 18.3 Å². The number of halogens is 1. The first-order valence-electron chi connectivity index (χ1n) is 5.56. The van der Waals surface area contributed by atoms with Gasteiger partial charge in [-0.05, 0) is 24.3 Å². The van der Waals surface area contributed by atoms with E-state index in [-0.39, 0.29) is 0 Å². The number of aliphatic hydroxyl groups excluding tert-OH is 1. The van der Waals surface area contributed by atoms with Gasteiger partial charge in [-0.15, -0.1) is 0 Å². The molecular weight excluding hydrogens is 284 g/mol. The van der Waals surface area contributed by atoms with Gasteiger partial charge in [0.2, 0.25) is 0 Å². The highest BCUT2D eigenvalue weighted by Gasteiger charge is 2.29. The van der Waals surface area contributed by atoms with Crippen LogP contribution in [-0.4, -0.2) is 16.0 Å². The summed E-state index contributed by atoms with van der Waals surface area (Å²) in [5.74, 6) is -0.425. The summed E-state index contributed by atoms with van der Waals surface area (Å²) < 4.78 is 0. The van der Waals surface area contributed by atoms with Crippen molar-refractivity contribution in [3.8, 4) is 0 Å². The Morgan fingerprint density at radius 1 is 1.37 bits per heavy atom. The molecular formula is C13H9ClN2O2S. The number of amides is 1. The van der Waals surface area contributed by atoms with Gasteiger partial charge < -0.3 is 10.4 Å². The molecule has 2 N–H and O–H groups in total. The molecule has 2 heterocycles. The first kappa shape index (κ1) is 12.5. The van der Waals surface area contributed by atoms with Gasteiger partial charge in [-0.1, -0.05) is 29.4 Å². The summed E-state index contributed by atoms with van der Waals surface area (Å²) >= 11 is 7.58. The van der Waals surface area contributed by atoms with E-state index in [0.29, 0.717) is 16.3 Å². The summed E-state index contributed by atoms with van der Waals surface area (Å²) in [6.45, 7) is 0. The quantitative estimate of drug-likeness (QED) is 0.893. The summed E-state index contributed by atoms with van der Waals surface area (Å²) in [7, 11) is 0. The van der Waals surface area contributed by atoms with Crippen LogP contribution in [0.15, 0.2) is 46.5 Å². The summed E-state index contributed by atoms with van der Waals surface area (Å²) in [4.78, 5) is 16.4. The largest absolute Gasteiger partial charge is 0.378 e. The number of aromatic nitrogens is 1. The van der Waals surface area contributed by atoms with Crippen LogP contribution in [-0.2, 0) is 4.79 Å². The van der Waals surface area contributed by atoms with Gasteiger partial charge >= 0.3 is 0 Å². The van der Waals surface area contributed by atoms with Gasteiger partial charge in [-0.3, -0.25) is 4.79 Å². The van der Waals surface area contributed by atoms with Crippen LogP contribution in [0.2, 0.25) is 5.02 Å². The Morgan fingerprint density at radius 3 is 2.95 bits per heavy atom. The third-order valence-electron chi connectivity index (χ3n) is 2.76. The van der Waals surface area contributed by atoms with Gasteiger partial charge in [0.05, 0.1) is 5.02 Å². The van der Waals surface area contributed by atoms with Crippen LogP contribution in [0, 0.1) is 0 Å². The lowest BCUT2D eigenvalue weighted by molar-refractivity contribution is -0.123. The van der Waals surface area contributed by atoms with Gasteiger partial charge in [0.15, 0.2) is 6.10 Å². The fourth-order valence-corrected chi connectivity index (χ4v) is 2.95. The molecule has 0 bridgehead atoms. The fourth-order valence-electron chi connectivity index (χ4n) is 1.84. The number of carbonyl (C=O) groups excluding carboxylic acids is 1. The van der Waals surface area contributed by atoms with Crippen LogP contribution < -0.4 is 5.32 Å². The van der Waals surface area contributed by atoms with Gasteiger partial charge in [0, 0.05) is 22.3 Å². The second kappa shape index (κ2) is 4.85. The predicted molar refractivity (Wildman–Crippen MR) is 73.4 cm³/mol. The predicted octanol–water partition coefficient (Wildman–Crippen LogP) is 2.87. The van der Waals surface area contributed by atoms with Gasteiger partial charge in [-0.2, -0.15) is 0 Å². The molecule has 0 aliphatic carbocycles. The van der Waals surface area contributed by atoms with Gasteiger partial charge in [0.25, 0.3) is 5.91 Å².